The Labute approximate surface area is 143 Å². The summed E-state index contributed by atoms with van der Waals surface area (Å²) < 4.78 is 41.7. The van der Waals surface area contributed by atoms with Crippen LogP contribution in [0, 0.1) is 5.82 Å². The summed E-state index contributed by atoms with van der Waals surface area (Å²) in [6.45, 7) is 6.69. The molecule has 0 aliphatic carbocycles. The second-order valence-corrected chi connectivity index (χ2v) is 7.74. The molecule has 8 heteroatoms. The van der Waals surface area contributed by atoms with Crippen molar-refractivity contribution in [3.63, 3.8) is 0 Å². The van der Waals surface area contributed by atoms with Gasteiger partial charge in [0.15, 0.2) is 15.8 Å². The van der Waals surface area contributed by atoms with E-state index in [1.165, 1.54) is 12.1 Å². The first kappa shape index (κ1) is 20.2. The van der Waals surface area contributed by atoms with Crippen LogP contribution in [-0.2, 0) is 9.84 Å². The minimum atomic E-state index is -3.01. The third-order valence-electron chi connectivity index (χ3n) is 3.13. The molecule has 0 saturated heterocycles. The standard InChI is InChI=1S/C16H26FN3O3S/c1-4-18-16(19-9-10-24(21,22)5-2)20-12-13(3)23-15-8-6-7-14(17)11-15/h6-8,11,13H,4-5,9-10,12H2,1-3H3,(H2,18,19,20). The molecule has 0 saturated carbocycles. The predicted octanol–water partition coefficient (Wildman–Crippen LogP) is 1.58. The molecular weight excluding hydrogens is 333 g/mol. The Morgan fingerprint density at radius 2 is 2.08 bits per heavy atom. The van der Waals surface area contributed by atoms with Crippen LogP contribution in [0.15, 0.2) is 29.3 Å². The zero-order valence-electron chi connectivity index (χ0n) is 14.4. The van der Waals surface area contributed by atoms with E-state index in [0.717, 1.165) is 0 Å². The van der Waals surface area contributed by atoms with Gasteiger partial charge in [-0.25, -0.2) is 17.8 Å². The molecule has 0 aliphatic rings. The van der Waals surface area contributed by atoms with Crippen molar-refractivity contribution < 1.29 is 17.5 Å². The fourth-order valence-corrected chi connectivity index (χ4v) is 2.54. The minimum Gasteiger partial charge on any atom is -0.489 e. The summed E-state index contributed by atoms with van der Waals surface area (Å²) >= 11 is 0. The van der Waals surface area contributed by atoms with Crippen LogP contribution in [0.2, 0.25) is 0 Å². The number of ether oxygens (including phenoxy) is 1. The van der Waals surface area contributed by atoms with Gasteiger partial charge in [0.25, 0.3) is 0 Å². The number of aliphatic imine (C=N–C) groups is 1. The summed E-state index contributed by atoms with van der Waals surface area (Å²) in [5, 5.41) is 6.03. The molecule has 0 aliphatic heterocycles. The van der Waals surface area contributed by atoms with Crippen molar-refractivity contribution >= 4 is 15.8 Å². The van der Waals surface area contributed by atoms with Crippen molar-refractivity contribution in [3.8, 4) is 5.75 Å². The van der Waals surface area contributed by atoms with Gasteiger partial charge < -0.3 is 15.4 Å². The zero-order chi connectivity index (χ0) is 18.0. The van der Waals surface area contributed by atoms with Gasteiger partial charge in [0, 0.05) is 24.9 Å². The molecule has 0 heterocycles. The van der Waals surface area contributed by atoms with Gasteiger partial charge in [0.2, 0.25) is 0 Å². The lowest BCUT2D eigenvalue weighted by atomic mass is 10.3. The van der Waals surface area contributed by atoms with Crippen molar-refractivity contribution in [3.05, 3.63) is 30.1 Å². The Kier molecular flexibility index (Phi) is 8.53. The number of nitrogens with zero attached hydrogens (tertiary/aromatic N) is 1. The Hall–Kier alpha value is -1.83. The van der Waals surface area contributed by atoms with Gasteiger partial charge in [0.05, 0.1) is 12.3 Å². The smallest absolute Gasteiger partial charge is 0.191 e. The number of nitrogens with one attached hydrogen (secondary N) is 2. The van der Waals surface area contributed by atoms with E-state index in [-0.39, 0.29) is 23.4 Å². The molecule has 0 fully saturated rings. The molecule has 0 spiro atoms. The lowest BCUT2D eigenvalue weighted by molar-refractivity contribution is 0.229. The molecule has 1 unspecified atom stereocenters. The van der Waals surface area contributed by atoms with E-state index < -0.39 is 9.84 Å². The summed E-state index contributed by atoms with van der Waals surface area (Å²) in [5.74, 6) is 0.808. The summed E-state index contributed by atoms with van der Waals surface area (Å²) in [4.78, 5) is 4.36. The van der Waals surface area contributed by atoms with E-state index in [1.807, 2.05) is 13.8 Å². The van der Waals surface area contributed by atoms with E-state index in [9.17, 15) is 12.8 Å². The Morgan fingerprint density at radius 3 is 2.71 bits per heavy atom. The number of rotatable bonds is 9. The molecule has 1 aromatic rings. The van der Waals surface area contributed by atoms with Gasteiger partial charge in [-0.1, -0.05) is 13.0 Å². The summed E-state index contributed by atoms with van der Waals surface area (Å²) in [6, 6.07) is 5.94. The van der Waals surface area contributed by atoms with E-state index in [0.29, 0.717) is 31.3 Å². The van der Waals surface area contributed by atoms with Crippen LogP contribution in [0.5, 0.6) is 5.75 Å². The minimum absolute atomic E-state index is 0.0588. The Morgan fingerprint density at radius 1 is 1.33 bits per heavy atom. The number of benzene rings is 1. The van der Waals surface area contributed by atoms with Crippen LogP contribution in [0.4, 0.5) is 4.39 Å². The maximum atomic E-state index is 13.1. The van der Waals surface area contributed by atoms with Crippen molar-refractivity contribution in [1.82, 2.24) is 10.6 Å². The van der Waals surface area contributed by atoms with Gasteiger partial charge in [-0.2, -0.15) is 0 Å². The SMILES string of the molecule is CCNC(=NCC(C)Oc1cccc(F)c1)NCCS(=O)(=O)CC. The predicted molar refractivity (Wildman–Crippen MR) is 94.8 cm³/mol. The Bertz CT molecular complexity index is 635. The molecule has 1 aromatic carbocycles. The maximum Gasteiger partial charge on any atom is 0.191 e. The normalized spacial score (nSPS) is 13.4. The molecule has 6 nitrogen and oxygen atoms in total. The second kappa shape index (κ2) is 10.1. The van der Waals surface area contributed by atoms with Crippen LogP contribution >= 0.6 is 0 Å². The third-order valence-corrected chi connectivity index (χ3v) is 4.84. The molecule has 0 bridgehead atoms. The lowest BCUT2D eigenvalue weighted by Gasteiger charge is -2.15. The first-order chi connectivity index (χ1) is 11.4. The first-order valence-electron chi connectivity index (χ1n) is 8.01. The molecule has 24 heavy (non-hydrogen) atoms. The molecule has 0 amide bonds. The summed E-state index contributed by atoms with van der Waals surface area (Å²) in [6.07, 6.45) is -0.248. The fraction of sp³-hybridized carbons (Fsp3) is 0.562. The van der Waals surface area contributed by atoms with Gasteiger partial charge in [-0.3, -0.25) is 0 Å². The average molecular weight is 359 g/mol. The van der Waals surface area contributed by atoms with Crippen LogP contribution in [-0.4, -0.2) is 51.6 Å². The summed E-state index contributed by atoms with van der Waals surface area (Å²) in [5.41, 5.74) is 0. The van der Waals surface area contributed by atoms with Crippen LogP contribution < -0.4 is 15.4 Å². The largest absolute Gasteiger partial charge is 0.489 e. The second-order valence-electron chi connectivity index (χ2n) is 5.27. The highest BCUT2D eigenvalue weighted by molar-refractivity contribution is 7.91. The first-order valence-corrected chi connectivity index (χ1v) is 9.83. The van der Waals surface area contributed by atoms with Gasteiger partial charge in [-0.05, 0) is 26.0 Å². The van der Waals surface area contributed by atoms with E-state index in [4.69, 9.17) is 4.74 Å². The van der Waals surface area contributed by atoms with Crippen LogP contribution in [0.25, 0.3) is 0 Å². The highest BCUT2D eigenvalue weighted by atomic mass is 32.2. The quantitative estimate of drug-likeness (QED) is 0.517. The molecule has 1 atom stereocenters. The topological polar surface area (TPSA) is 79.8 Å². The molecule has 2 N–H and O–H groups in total. The highest BCUT2D eigenvalue weighted by Crippen LogP contribution is 2.13. The van der Waals surface area contributed by atoms with Gasteiger partial charge in [-0.15, -0.1) is 0 Å². The van der Waals surface area contributed by atoms with Crippen molar-refractivity contribution in [2.45, 2.75) is 26.9 Å². The van der Waals surface area contributed by atoms with Gasteiger partial charge >= 0.3 is 0 Å². The Balaban J connectivity index is 2.51. The van der Waals surface area contributed by atoms with Crippen molar-refractivity contribution in [2.24, 2.45) is 4.99 Å². The number of guanidine groups is 1. The number of hydrogen-bond acceptors (Lipinski definition) is 4. The fourth-order valence-electron chi connectivity index (χ4n) is 1.84. The van der Waals surface area contributed by atoms with Crippen LogP contribution in [0.1, 0.15) is 20.8 Å². The van der Waals surface area contributed by atoms with Crippen molar-refractivity contribution in [2.75, 3.05) is 31.1 Å². The number of hydrogen-bond donors (Lipinski definition) is 2. The van der Waals surface area contributed by atoms with Crippen LogP contribution in [0.3, 0.4) is 0 Å². The average Bonchev–Trinajstić information content (AvgIpc) is 2.52. The molecule has 0 aromatic heterocycles. The molecule has 0 radical (unpaired) electrons. The van der Waals surface area contributed by atoms with E-state index >= 15 is 0 Å². The van der Waals surface area contributed by atoms with E-state index in [1.54, 1.807) is 19.1 Å². The molecular formula is C16H26FN3O3S. The van der Waals surface area contributed by atoms with Crippen molar-refractivity contribution in [1.29, 1.82) is 0 Å². The zero-order valence-corrected chi connectivity index (χ0v) is 15.2. The molecule has 136 valence electrons. The van der Waals surface area contributed by atoms with Gasteiger partial charge in [0.1, 0.15) is 17.7 Å². The lowest BCUT2D eigenvalue weighted by Crippen LogP contribution is -2.40. The third kappa shape index (κ3) is 8.14. The number of sulfone groups is 1. The highest BCUT2D eigenvalue weighted by Gasteiger charge is 2.08. The monoisotopic (exact) mass is 359 g/mol. The maximum absolute atomic E-state index is 13.1. The summed E-state index contributed by atoms with van der Waals surface area (Å²) in [7, 11) is -3.01. The number of halogens is 1. The van der Waals surface area contributed by atoms with E-state index in [2.05, 4.69) is 15.6 Å². The molecule has 1 rings (SSSR count).